The van der Waals surface area contributed by atoms with Gasteiger partial charge in [-0.2, -0.15) is 11.8 Å². The molecular weight excluding hydrogens is 148 g/mol. The molecule has 1 aromatic heterocycles. The minimum absolute atomic E-state index is 0.0995. The predicted molar refractivity (Wildman–Crippen MR) is 43.1 cm³/mol. The van der Waals surface area contributed by atoms with Gasteiger partial charge >= 0.3 is 0 Å². The fourth-order valence-electron chi connectivity index (χ4n) is 0.291. The lowest BCUT2D eigenvalue weighted by atomic mass is 10.6. The first-order chi connectivity index (χ1) is 4.81. The molecule has 3 nitrogen and oxygen atoms in total. The Morgan fingerprint density at radius 3 is 1.90 bits per heavy atom. The van der Waals surface area contributed by atoms with Crippen molar-refractivity contribution in [3.63, 3.8) is 0 Å². The van der Waals surface area contributed by atoms with Crippen LogP contribution in [0.15, 0.2) is 18.7 Å². The van der Waals surface area contributed by atoms with Crippen LogP contribution in [-0.2, 0) is 0 Å². The number of aromatic nitrogens is 2. The van der Waals surface area contributed by atoms with E-state index in [-0.39, 0.29) is 5.75 Å². The van der Waals surface area contributed by atoms with E-state index in [9.17, 15) is 0 Å². The maximum absolute atomic E-state index is 8.51. The molecule has 0 bridgehead atoms. The Kier molecular flexibility index (Phi) is 5.86. The predicted octanol–water partition coefficient (Wildman–Crippen LogP) is 1.16. The van der Waals surface area contributed by atoms with Crippen molar-refractivity contribution in [3.8, 4) is 5.75 Å². The quantitative estimate of drug-likeness (QED) is 0.615. The third-order valence-electron chi connectivity index (χ3n) is 0.547. The molecule has 0 spiro atoms. The summed E-state index contributed by atoms with van der Waals surface area (Å²) in [4.78, 5) is 7.05. The zero-order valence-electron chi connectivity index (χ0n) is 5.98. The molecule has 10 heavy (non-hydrogen) atoms. The summed E-state index contributed by atoms with van der Waals surface area (Å²) in [5.41, 5.74) is 0. The summed E-state index contributed by atoms with van der Waals surface area (Å²) in [6.07, 6.45) is 8.10. The van der Waals surface area contributed by atoms with Crippen LogP contribution in [0.2, 0.25) is 0 Å². The maximum Gasteiger partial charge on any atom is 0.152 e. The molecule has 1 heterocycles. The van der Waals surface area contributed by atoms with Crippen molar-refractivity contribution < 1.29 is 5.11 Å². The van der Waals surface area contributed by atoms with Crippen LogP contribution in [0, 0.1) is 0 Å². The standard InChI is InChI=1S/C4H4N2O.C2H6S/c7-4-1-5-3-6-2-4;1-3-2/h1-3,7H;1-2H3. The third kappa shape index (κ3) is 5.37. The van der Waals surface area contributed by atoms with Gasteiger partial charge in [0, 0.05) is 0 Å². The zero-order chi connectivity index (χ0) is 7.82. The van der Waals surface area contributed by atoms with E-state index >= 15 is 0 Å². The molecular formula is C6H10N2OS. The summed E-state index contributed by atoms with van der Waals surface area (Å²) >= 11 is 1.75. The first-order valence-corrected chi connectivity index (χ1v) is 4.28. The summed E-state index contributed by atoms with van der Waals surface area (Å²) in [6.45, 7) is 0. The lowest BCUT2D eigenvalue weighted by Gasteiger charge is -1.81. The molecule has 4 heteroatoms. The minimum atomic E-state index is 0.0995. The van der Waals surface area contributed by atoms with E-state index in [1.54, 1.807) is 11.8 Å². The topological polar surface area (TPSA) is 46.0 Å². The highest BCUT2D eigenvalue weighted by Gasteiger charge is 1.77. The van der Waals surface area contributed by atoms with Gasteiger partial charge in [0.05, 0.1) is 12.4 Å². The van der Waals surface area contributed by atoms with E-state index in [4.69, 9.17) is 5.11 Å². The molecule has 0 saturated heterocycles. The highest BCUT2D eigenvalue weighted by molar-refractivity contribution is 7.97. The second-order valence-corrected chi connectivity index (χ2v) is 2.32. The molecule has 0 amide bonds. The van der Waals surface area contributed by atoms with Crippen LogP contribution in [0.5, 0.6) is 5.75 Å². The summed E-state index contributed by atoms with van der Waals surface area (Å²) in [5.74, 6) is 0.0995. The molecule has 0 fully saturated rings. The molecule has 0 unspecified atom stereocenters. The monoisotopic (exact) mass is 158 g/mol. The second-order valence-electron chi connectivity index (χ2n) is 1.50. The smallest absolute Gasteiger partial charge is 0.152 e. The fraction of sp³-hybridized carbons (Fsp3) is 0.333. The number of nitrogens with zero attached hydrogens (tertiary/aromatic N) is 2. The fourth-order valence-corrected chi connectivity index (χ4v) is 0.291. The van der Waals surface area contributed by atoms with E-state index in [0.717, 1.165) is 0 Å². The Bertz CT molecular complexity index is 157. The van der Waals surface area contributed by atoms with Crippen LogP contribution < -0.4 is 0 Å². The van der Waals surface area contributed by atoms with Crippen LogP contribution in [-0.4, -0.2) is 27.6 Å². The number of aromatic hydroxyl groups is 1. The van der Waals surface area contributed by atoms with Gasteiger partial charge in [-0.15, -0.1) is 0 Å². The summed E-state index contributed by atoms with van der Waals surface area (Å²) in [6, 6.07) is 0. The van der Waals surface area contributed by atoms with Gasteiger partial charge in [0.25, 0.3) is 0 Å². The lowest BCUT2D eigenvalue weighted by molar-refractivity contribution is 0.469. The Morgan fingerprint density at radius 2 is 1.70 bits per heavy atom. The van der Waals surface area contributed by atoms with E-state index in [1.807, 2.05) is 12.5 Å². The average Bonchev–Trinajstić information content (AvgIpc) is 1.91. The first-order valence-electron chi connectivity index (χ1n) is 2.65. The van der Waals surface area contributed by atoms with Crippen molar-refractivity contribution >= 4 is 11.8 Å². The van der Waals surface area contributed by atoms with E-state index < -0.39 is 0 Å². The number of thioether (sulfide) groups is 1. The molecule has 0 aliphatic rings. The number of rotatable bonds is 0. The van der Waals surface area contributed by atoms with Crippen LogP contribution in [0.3, 0.4) is 0 Å². The molecule has 0 radical (unpaired) electrons. The van der Waals surface area contributed by atoms with Gasteiger partial charge < -0.3 is 5.11 Å². The largest absolute Gasteiger partial charge is 0.505 e. The molecule has 56 valence electrons. The molecule has 0 aliphatic carbocycles. The summed E-state index contributed by atoms with van der Waals surface area (Å²) in [5, 5.41) is 8.51. The molecule has 0 aliphatic heterocycles. The highest BCUT2D eigenvalue weighted by Crippen LogP contribution is 1.96. The summed E-state index contributed by atoms with van der Waals surface area (Å²) in [7, 11) is 0. The summed E-state index contributed by atoms with van der Waals surface area (Å²) < 4.78 is 0. The maximum atomic E-state index is 8.51. The van der Waals surface area contributed by atoms with Crippen LogP contribution in [0.1, 0.15) is 0 Å². The van der Waals surface area contributed by atoms with Crippen LogP contribution in [0.4, 0.5) is 0 Å². The van der Waals surface area contributed by atoms with Crippen molar-refractivity contribution in [3.05, 3.63) is 18.7 Å². The third-order valence-corrected chi connectivity index (χ3v) is 0.547. The molecule has 1 rings (SSSR count). The van der Waals surface area contributed by atoms with Crippen molar-refractivity contribution in [2.24, 2.45) is 0 Å². The van der Waals surface area contributed by atoms with E-state index in [0.29, 0.717) is 0 Å². The molecule has 0 aromatic carbocycles. The SMILES string of the molecule is CSC.Oc1cncnc1. The Balaban J connectivity index is 0.000000236. The molecule has 1 N–H and O–H groups in total. The van der Waals surface area contributed by atoms with Crippen molar-refractivity contribution in [2.45, 2.75) is 0 Å². The van der Waals surface area contributed by atoms with Crippen LogP contribution in [0.25, 0.3) is 0 Å². The van der Waals surface area contributed by atoms with Gasteiger partial charge in [-0.1, -0.05) is 0 Å². The van der Waals surface area contributed by atoms with Crippen LogP contribution >= 0.6 is 11.8 Å². The van der Waals surface area contributed by atoms with Gasteiger partial charge in [-0.05, 0) is 12.5 Å². The van der Waals surface area contributed by atoms with Gasteiger partial charge in [-0.25, -0.2) is 9.97 Å². The number of hydrogen-bond donors (Lipinski definition) is 1. The Morgan fingerprint density at radius 1 is 1.30 bits per heavy atom. The highest BCUT2D eigenvalue weighted by atomic mass is 32.2. The Hall–Kier alpha value is -0.770. The van der Waals surface area contributed by atoms with E-state index in [1.165, 1.54) is 18.7 Å². The van der Waals surface area contributed by atoms with Gasteiger partial charge in [0.2, 0.25) is 0 Å². The second kappa shape index (κ2) is 6.35. The van der Waals surface area contributed by atoms with Gasteiger partial charge in [-0.3, -0.25) is 0 Å². The minimum Gasteiger partial charge on any atom is -0.505 e. The van der Waals surface area contributed by atoms with Gasteiger partial charge in [0.15, 0.2) is 5.75 Å². The van der Waals surface area contributed by atoms with E-state index in [2.05, 4.69) is 9.97 Å². The normalized spacial score (nSPS) is 7.80. The van der Waals surface area contributed by atoms with Crippen molar-refractivity contribution in [1.29, 1.82) is 0 Å². The van der Waals surface area contributed by atoms with Crippen molar-refractivity contribution in [1.82, 2.24) is 9.97 Å². The number of hydrogen-bond acceptors (Lipinski definition) is 4. The molecule has 0 atom stereocenters. The van der Waals surface area contributed by atoms with Crippen molar-refractivity contribution in [2.75, 3.05) is 12.5 Å². The lowest BCUT2D eigenvalue weighted by Crippen LogP contribution is -1.70. The molecule has 0 saturated carbocycles. The first kappa shape index (κ1) is 9.23. The average molecular weight is 158 g/mol. The van der Waals surface area contributed by atoms with Gasteiger partial charge in [0.1, 0.15) is 6.33 Å². The zero-order valence-corrected chi connectivity index (χ0v) is 6.80. The Labute approximate surface area is 64.5 Å². The molecule has 1 aromatic rings.